The Balaban J connectivity index is 2.03. The summed E-state index contributed by atoms with van der Waals surface area (Å²) >= 11 is 0. The monoisotopic (exact) mass is 508 g/mol. The molecule has 0 aliphatic carbocycles. The topological polar surface area (TPSA) is 84.9 Å². The Kier molecular flexibility index (Phi) is 7.59. The highest BCUT2D eigenvalue weighted by molar-refractivity contribution is 7.92. The Morgan fingerprint density at radius 2 is 1.57 bits per heavy atom. The van der Waals surface area contributed by atoms with E-state index in [0.717, 1.165) is 22.0 Å². The molecule has 0 radical (unpaired) electrons. The average Bonchev–Trinajstić information content (AvgIpc) is 2.82. The fourth-order valence-corrected chi connectivity index (χ4v) is 4.70. The van der Waals surface area contributed by atoms with Gasteiger partial charge in [0.2, 0.25) is 5.91 Å². The maximum Gasteiger partial charge on any atom is 0.418 e. The van der Waals surface area contributed by atoms with Gasteiger partial charge in [0.1, 0.15) is 6.54 Å². The van der Waals surface area contributed by atoms with Gasteiger partial charge >= 0.3 is 6.18 Å². The molecule has 0 aliphatic heterocycles. The molecule has 0 bridgehead atoms. The van der Waals surface area contributed by atoms with E-state index < -0.39 is 39.9 Å². The molecule has 3 aromatic carbocycles. The second kappa shape index (κ2) is 10.3. The van der Waals surface area contributed by atoms with Crippen molar-refractivity contribution in [2.75, 3.05) is 30.4 Å². The van der Waals surface area contributed by atoms with E-state index in [1.807, 2.05) is 0 Å². The molecule has 1 amide bonds. The number of anilines is 2. The third-order valence-electron chi connectivity index (χ3n) is 5.06. The molecule has 3 aromatic rings. The van der Waals surface area contributed by atoms with Crippen molar-refractivity contribution < 1.29 is 35.9 Å². The van der Waals surface area contributed by atoms with E-state index in [4.69, 9.17) is 9.47 Å². The summed E-state index contributed by atoms with van der Waals surface area (Å²) in [6, 6.07) is 14.6. The van der Waals surface area contributed by atoms with Crippen LogP contribution < -0.4 is 19.1 Å². The number of hydrogen-bond acceptors (Lipinski definition) is 5. The molecular weight excluding hydrogens is 485 g/mol. The number of alkyl halides is 3. The number of carbonyl (C=O) groups is 1. The number of sulfonamides is 1. The quantitative estimate of drug-likeness (QED) is 0.470. The zero-order valence-corrected chi connectivity index (χ0v) is 19.9. The molecule has 0 fully saturated rings. The van der Waals surface area contributed by atoms with E-state index in [0.29, 0.717) is 5.75 Å². The number of amides is 1. The first-order valence-corrected chi connectivity index (χ1v) is 11.7. The lowest BCUT2D eigenvalue weighted by Crippen LogP contribution is -2.38. The molecule has 0 unspecified atom stereocenters. The van der Waals surface area contributed by atoms with Crippen LogP contribution in [0.3, 0.4) is 0 Å². The molecule has 0 saturated carbocycles. The van der Waals surface area contributed by atoms with Gasteiger partial charge in [-0.15, -0.1) is 0 Å². The first kappa shape index (κ1) is 25.9. The highest BCUT2D eigenvalue weighted by Gasteiger charge is 2.34. The van der Waals surface area contributed by atoms with E-state index >= 15 is 0 Å². The molecule has 0 atom stereocenters. The number of nitrogens with zero attached hydrogens (tertiary/aromatic N) is 1. The van der Waals surface area contributed by atoms with Gasteiger partial charge in [0.25, 0.3) is 10.0 Å². The summed E-state index contributed by atoms with van der Waals surface area (Å²) in [6.07, 6.45) is -4.71. The summed E-state index contributed by atoms with van der Waals surface area (Å²) in [5.41, 5.74) is -0.650. The molecule has 0 spiro atoms. The molecule has 11 heteroatoms. The van der Waals surface area contributed by atoms with E-state index in [1.165, 1.54) is 56.7 Å². The summed E-state index contributed by atoms with van der Waals surface area (Å²) in [5.74, 6) is -0.434. The lowest BCUT2D eigenvalue weighted by Gasteiger charge is -2.25. The van der Waals surface area contributed by atoms with Crippen LogP contribution in [0.1, 0.15) is 11.1 Å². The number of nitrogens with one attached hydrogen (secondary N) is 1. The average molecular weight is 509 g/mol. The van der Waals surface area contributed by atoms with Gasteiger partial charge in [-0.2, -0.15) is 13.2 Å². The van der Waals surface area contributed by atoms with Gasteiger partial charge in [0, 0.05) is 6.07 Å². The van der Waals surface area contributed by atoms with Gasteiger partial charge in [0.15, 0.2) is 11.5 Å². The second-order valence-electron chi connectivity index (χ2n) is 7.46. The Bertz CT molecular complexity index is 1310. The Morgan fingerprint density at radius 1 is 0.943 bits per heavy atom. The normalized spacial score (nSPS) is 11.6. The van der Waals surface area contributed by atoms with Crippen LogP contribution >= 0.6 is 0 Å². The number of rotatable bonds is 8. The van der Waals surface area contributed by atoms with Gasteiger partial charge in [-0.25, -0.2) is 8.42 Å². The molecule has 186 valence electrons. The predicted molar refractivity (Wildman–Crippen MR) is 125 cm³/mol. The minimum absolute atomic E-state index is 0.0579. The number of aryl methyl sites for hydroxylation is 1. The van der Waals surface area contributed by atoms with Crippen molar-refractivity contribution in [2.45, 2.75) is 18.0 Å². The molecule has 0 saturated heterocycles. The third kappa shape index (κ3) is 5.86. The molecule has 3 rings (SSSR count). The maximum atomic E-state index is 13.5. The molecule has 1 N–H and O–H groups in total. The number of ether oxygens (including phenoxy) is 2. The van der Waals surface area contributed by atoms with E-state index in [2.05, 4.69) is 5.32 Å². The zero-order chi connectivity index (χ0) is 25.8. The largest absolute Gasteiger partial charge is 0.493 e. The third-order valence-corrected chi connectivity index (χ3v) is 6.85. The standard InChI is InChI=1S/C24H23F3N2O5S/c1-16-8-11-18(12-9-16)35(31,32)29(17-10-13-21(33-2)22(14-17)34-3)15-23(30)28-20-7-5-4-6-19(20)24(25,26)27/h4-14H,15H2,1-3H3,(H,28,30). The minimum Gasteiger partial charge on any atom is -0.493 e. The Labute approximate surface area is 201 Å². The van der Waals surface area contributed by atoms with Crippen LogP contribution in [0, 0.1) is 6.92 Å². The van der Waals surface area contributed by atoms with Gasteiger partial charge < -0.3 is 14.8 Å². The smallest absolute Gasteiger partial charge is 0.418 e. The summed E-state index contributed by atoms with van der Waals surface area (Å²) in [7, 11) is -1.52. The van der Waals surface area contributed by atoms with Crippen LogP contribution in [0.25, 0.3) is 0 Å². The van der Waals surface area contributed by atoms with Crippen molar-refractivity contribution in [1.82, 2.24) is 0 Å². The molecule has 0 aliphatic rings. The second-order valence-corrected chi connectivity index (χ2v) is 9.32. The molecule has 0 heterocycles. The van der Waals surface area contributed by atoms with Crippen LogP contribution in [0.15, 0.2) is 71.6 Å². The number of para-hydroxylation sites is 1. The van der Waals surface area contributed by atoms with Crippen molar-refractivity contribution in [2.24, 2.45) is 0 Å². The summed E-state index contributed by atoms with van der Waals surface area (Å²) < 4.78 is 78.3. The van der Waals surface area contributed by atoms with Crippen molar-refractivity contribution in [3.63, 3.8) is 0 Å². The fourth-order valence-electron chi connectivity index (χ4n) is 3.29. The lowest BCUT2D eigenvalue weighted by atomic mass is 10.1. The summed E-state index contributed by atoms with van der Waals surface area (Å²) in [4.78, 5) is 12.7. The van der Waals surface area contributed by atoms with Crippen LogP contribution in [-0.4, -0.2) is 35.1 Å². The number of methoxy groups -OCH3 is 2. The molecule has 35 heavy (non-hydrogen) atoms. The predicted octanol–water partition coefficient (Wildman–Crippen LogP) is 4.87. The van der Waals surface area contributed by atoms with Gasteiger partial charge in [-0.1, -0.05) is 29.8 Å². The highest BCUT2D eigenvalue weighted by atomic mass is 32.2. The first-order chi connectivity index (χ1) is 16.5. The lowest BCUT2D eigenvalue weighted by molar-refractivity contribution is -0.137. The SMILES string of the molecule is COc1ccc(N(CC(=O)Nc2ccccc2C(F)(F)F)S(=O)(=O)c2ccc(C)cc2)cc1OC. The first-order valence-electron chi connectivity index (χ1n) is 10.2. The molecule has 7 nitrogen and oxygen atoms in total. The number of benzene rings is 3. The van der Waals surface area contributed by atoms with Crippen LogP contribution in [0.2, 0.25) is 0 Å². The van der Waals surface area contributed by atoms with E-state index in [-0.39, 0.29) is 16.3 Å². The van der Waals surface area contributed by atoms with E-state index in [1.54, 1.807) is 19.1 Å². The van der Waals surface area contributed by atoms with Gasteiger partial charge in [-0.3, -0.25) is 9.10 Å². The van der Waals surface area contributed by atoms with Crippen molar-refractivity contribution in [3.8, 4) is 11.5 Å². The van der Waals surface area contributed by atoms with Crippen LogP contribution in [0.4, 0.5) is 24.5 Å². The number of hydrogen-bond donors (Lipinski definition) is 1. The Hall–Kier alpha value is -3.73. The van der Waals surface area contributed by atoms with Gasteiger partial charge in [0.05, 0.1) is 36.1 Å². The van der Waals surface area contributed by atoms with Crippen LogP contribution in [-0.2, 0) is 21.0 Å². The summed E-state index contributed by atoms with van der Waals surface area (Å²) in [5, 5.41) is 2.18. The van der Waals surface area contributed by atoms with Crippen molar-refractivity contribution >= 4 is 27.3 Å². The van der Waals surface area contributed by atoms with E-state index in [9.17, 15) is 26.4 Å². The molecule has 0 aromatic heterocycles. The van der Waals surface area contributed by atoms with Crippen molar-refractivity contribution in [1.29, 1.82) is 0 Å². The van der Waals surface area contributed by atoms with Crippen molar-refractivity contribution in [3.05, 3.63) is 77.9 Å². The zero-order valence-electron chi connectivity index (χ0n) is 19.1. The minimum atomic E-state index is -4.71. The summed E-state index contributed by atoms with van der Waals surface area (Å²) in [6.45, 7) is 0.992. The number of halogens is 3. The van der Waals surface area contributed by atoms with Crippen LogP contribution in [0.5, 0.6) is 11.5 Å². The highest BCUT2D eigenvalue weighted by Crippen LogP contribution is 2.36. The van der Waals surface area contributed by atoms with Gasteiger partial charge in [-0.05, 0) is 43.3 Å². The number of carbonyl (C=O) groups excluding carboxylic acids is 1. The fraction of sp³-hybridized carbons (Fsp3) is 0.208. The molecular formula is C24H23F3N2O5S. The Morgan fingerprint density at radius 3 is 2.17 bits per heavy atom. The maximum absolute atomic E-state index is 13.5.